The molecule has 5 rings (SSSR count). The number of hydrogen-bond donors (Lipinski definition) is 3. The van der Waals surface area contributed by atoms with Crippen LogP contribution in [0.4, 0.5) is 10.5 Å². The third-order valence-electron chi connectivity index (χ3n) is 6.99. The van der Waals surface area contributed by atoms with Gasteiger partial charge in [-0.05, 0) is 64.7 Å². The maximum atomic E-state index is 12.1. The highest BCUT2D eigenvalue weighted by Crippen LogP contribution is 2.33. The number of rotatable bonds is 7. The van der Waals surface area contributed by atoms with E-state index in [0.717, 1.165) is 96.6 Å². The van der Waals surface area contributed by atoms with Crippen molar-refractivity contribution in [3.8, 4) is 0 Å². The summed E-state index contributed by atoms with van der Waals surface area (Å²) in [6.07, 6.45) is 3.64. The molecule has 2 fully saturated rings. The van der Waals surface area contributed by atoms with E-state index in [-0.39, 0.29) is 12.1 Å². The van der Waals surface area contributed by atoms with Gasteiger partial charge < -0.3 is 30.0 Å². The first-order valence-corrected chi connectivity index (χ1v) is 14.7. The molecule has 0 saturated carbocycles. The largest absolute Gasteiger partial charge is 0.444 e. The first kappa shape index (κ1) is 26.7. The van der Waals surface area contributed by atoms with Crippen LogP contribution >= 0.6 is 23.4 Å². The van der Waals surface area contributed by atoms with Gasteiger partial charge in [-0.3, -0.25) is 4.99 Å². The predicted octanol–water partition coefficient (Wildman–Crippen LogP) is 5.26. The van der Waals surface area contributed by atoms with E-state index >= 15 is 0 Å². The summed E-state index contributed by atoms with van der Waals surface area (Å²) < 4.78 is 10.9. The second kappa shape index (κ2) is 11.4. The minimum absolute atomic E-state index is 0.147. The highest BCUT2D eigenvalue weighted by Gasteiger charge is 2.28. The van der Waals surface area contributed by atoms with Crippen molar-refractivity contribution in [3.05, 3.63) is 28.9 Å². The van der Waals surface area contributed by atoms with Crippen LogP contribution in [-0.2, 0) is 9.47 Å². The lowest BCUT2D eigenvalue weighted by Gasteiger charge is -2.24. The van der Waals surface area contributed by atoms with Gasteiger partial charge in [-0.15, -0.1) is 11.8 Å². The minimum atomic E-state index is -0.474. The smallest absolute Gasteiger partial charge is 0.407 e. The van der Waals surface area contributed by atoms with Crippen molar-refractivity contribution >= 4 is 51.1 Å². The molecule has 2 saturated heterocycles. The predicted molar refractivity (Wildman–Crippen MR) is 152 cm³/mol. The number of carbonyl (C=O) groups excluding carboxylic acids is 1. The zero-order chi connectivity index (χ0) is 26.0. The number of ether oxygens (including phenoxy) is 2. The van der Waals surface area contributed by atoms with E-state index in [0.29, 0.717) is 12.1 Å². The number of aliphatic imine (C=N–C) groups is 1. The number of aromatic amines is 1. The van der Waals surface area contributed by atoms with E-state index in [4.69, 9.17) is 26.1 Å². The van der Waals surface area contributed by atoms with Crippen LogP contribution in [0.5, 0.6) is 0 Å². The molecule has 0 aliphatic carbocycles. The van der Waals surface area contributed by atoms with Gasteiger partial charge in [-0.2, -0.15) is 0 Å². The van der Waals surface area contributed by atoms with Crippen molar-refractivity contribution in [2.45, 2.75) is 70.2 Å². The Bertz CT molecular complexity index is 1140. The molecule has 2 aromatic rings. The molecule has 0 unspecified atom stereocenters. The van der Waals surface area contributed by atoms with E-state index in [2.05, 4.69) is 26.6 Å². The second-order valence-electron chi connectivity index (χ2n) is 11.3. The van der Waals surface area contributed by atoms with E-state index in [1.807, 2.05) is 44.7 Å². The lowest BCUT2D eigenvalue weighted by molar-refractivity contribution is 0.0506. The van der Waals surface area contributed by atoms with Crippen LogP contribution in [0.1, 0.15) is 52.1 Å². The first-order valence-electron chi connectivity index (χ1n) is 13.3. The third kappa shape index (κ3) is 7.13. The average molecular weight is 548 g/mol. The zero-order valence-corrected chi connectivity index (χ0v) is 23.5. The molecule has 10 heteroatoms. The van der Waals surface area contributed by atoms with E-state index in [1.54, 1.807) is 0 Å². The Kier molecular flexibility index (Phi) is 8.24. The van der Waals surface area contributed by atoms with Crippen LogP contribution in [0.15, 0.2) is 23.2 Å². The van der Waals surface area contributed by atoms with Crippen molar-refractivity contribution < 1.29 is 14.3 Å². The molecule has 0 bridgehead atoms. The molecule has 8 nitrogen and oxygen atoms in total. The lowest BCUT2D eigenvalue weighted by atomic mass is 10.1. The Hall–Kier alpha value is -1.94. The summed E-state index contributed by atoms with van der Waals surface area (Å²) in [5.74, 6) is 0.992. The maximum Gasteiger partial charge on any atom is 0.407 e. The van der Waals surface area contributed by atoms with Gasteiger partial charge in [0.1, 0.15) is 10.6 Å². The van der Waals surface area contributed by atoms with E-state index in [1.165, 1.54) is 0 Å². The fourth-order valence-electron chi connectivity index (χ4n) is 5.17. The number of fused-ring (bicyclic) bond motifs is 1. The van der Waals surface area contributed by atoms with Gasteiger partial charge in [0, 0.05) is 61.1 Å². The number of benzene rings is 1. The van der Waals surface area contributed by atoms with Crippen molar-refractivity contribution in [1.29, 1.82) is 0 Å². The number of nitrogens with one attached hydrogen (secondary N) is 3. The second-order valence-corrected chi connectivity index (χ2v) is 12.7. The fourth-order valence-corrected chi connectivity index (χ4v) is 6.48. The molecule has 0 spiro atoms. The molecule has 0 radical (unpaired) electrons. The molecule has 202 valence electrons. The van der Waals surface area contributed by atoms with Gasteiger partial charge in [0.05, 0.1) is 22.9 Å². The van der Waals surface area contributed by atoms with Crippen molar-refractivity contribution in [2.75, 3.05) is 43.9 Å². The summed E-state index contributed by atoms with van der Waals surface area (Å²) in [5.41, 5.74) is 2.71. The molecule has 1 aromatic carbocycles. The summed E-state index contributed by atoms with van der Waals surface area (Å²) in [6.45, 7) is 10.1. The van der Waals surface area contributed by atoms with Gasteiger partial charge in [0.2, 0.25) is 0 Å². The van der Waals surface area contributed by atoms with Gasteiger partial charge in [-0.1, -0.05) is 11.6 Å². The Morgan fingerprint density at radius 3 is 2.84 bits per heavy atom. The molecule has 3 aliphatic heterocycles. The molecule has 2 atom stereocenters. The monoisotopic (exact) mass is 547 g/mol. The number of nitrogens with zero attached hydrogens (tertiary/aromatic N) is 2. The average Bonchev–Trinajstić information content (AvgIpc) is 3.56. The van der Waals surface area contributed by atoms with Crippen molar-refractivity contribution in [3.63, 3.8) is 0 Å². The van der Waals surface area contributed by atoms with Crippen LogP contribution in [-0.4, -0.2) is 83.3 Å². The van der Waals surface area contributed by atoms with E-state index in [9.17, 15) is 4.79 Å². The Balaban J connectivity index is 1.16. The minimum Gasteiger partial charge on any atom is -0.444 e. The van der Waals surface area contributed by atoms with Gasteiger partial charge in [0.15, 0.2) is 0 Å². The number of H-pyrrole nitrogens is 1. The maximum absolute atomic E-state index is 12.1. The number of alkyl carbamates (subject to hydrolysis) is 1. The number of hydrogen-bond acceptors (Lipinski definition) is 7. The molecule has 4 heterocycles. The quantitative estimate of drug-likeness (QED) is 0.438. The Labute approximate surface area is 228 Å². The number of aromatic nitrogens is 1. The fraction of sp³-hybridized carbons (Fsp3) is 0.630. The molecule has 3 N–H and O–H groups in total. The number of anilines is 1. The molecular weight excluding hydrogens is 510 g/mol. The SMILES string of the molecule is CC(C)(C)OC(=O)N[C@H]1CCN(CC[C@@H]2CSC(c3cc4cc(Cl)cc(NC5CCOCC5)c4[nH]3)=N2)C1. The van der Waals surface area contributed by atoms with Gasteiger partial charge in [0.25, 0.3) is 0 Å². The Morgan fingerprint density at radius 2 is 2.05 bits per heavy atom. The van der Waals surface area contributed by atoms with Crippen molar-refractivity contribution in [1.82, 2.24) is 15.2 Å². The summed E-state index contributed by atoms with van der Waals surface area (Å²) in [7, 11) is 0. The topological polar surface area (TPSA) is 91.0 Å². The number of likely N-dealkylation sites (tertiary alicyclic amines) is 1. The summed E-state index contributed by atoms with van der Waals surface area (Å²) >= 11 is 8.27. The first-order chi connectivity index (χ1) is 17.7. The van der Waals surface area contributed by atoms with Gasteiger partial charge in [-0.25, -0.2) is 4.79 Å². The molecule has 1 amide bonds. The molecule has 1 aromatic heterocycles. The summed E-state index contributed by atoms with van der Waals surface area (Å²) in [6, 6.07) is 7.03. The standard InChI is InChI=1S/C27H38ClN5O3S/c1-27(2,3)36-26(34)31-20-4-8-33(15-20)9-5-21-16-37-25(30-21)23-13-17-12-18(28)14-22(24(17)32-23)29-19-6-10-35-11-7-19/h12-14,19-21,29,32H,4-11,15-16H2,1-3H3,(H,31,34)/t20-,21+/m0/s1. The third-order valence-corrected chi connectivity index (χ3v) is 8.36. The molecular formula is C27H38ClN5O3S. The van der Waals surface area contributed by atoms with Crippen molar-refractivity contribution in [2.24, 2.45) is 4.99 Å². The molecule has 3 aliphatic rings. The number of thioether (sulfide) groups is 1. The number of amides is 1. The highest BCUT2D eigenvalue weighted by atomic mass is 35.5. The Morgan fingerprint density at radius 1 is 1.24 bits per heavy atom. The molecule has 37 heavy (non-hydrogen) atoms. The lowest BCUT2D eigenvalue weighted by Crippen LogP contribution is -2.40. The highest BCUT2D eigenvalue weighted by molar-refractivity contribution is 8.14. The van der Waals surface area contributed by atoms with Gasteiger partial charge >= 0.3 is 6.09 Å². The zero-order valence-electron chi connectivity index (χ0n) is 21.9. The van der Waals surface area contributed by atoms with Crippen LogP contribution in [0, 0.1) is 0 Å². The van der Waals surface area contributed by atoms with Crippen LogP contribution in [0.3, 0.4) is 0 Å². The van der Waals surface area contributed by atoms with Crippen LogP contribution < -0.4 is 10.6 Å². The normalized spacial score (nSPS) is 23.4. The van der Waals surface area contributed by atoms with E-state index < -0.39 is 5.60 Å². The summed E-state index contributed by atoms with van der Waals surface area (Å²) in [5, 5.41) is 9.59. The number of halogens is 1. The summed E-state index contributed by atoms with van der Waals surface area (Å²) in [4.78, 5) is 23.2. The van der Waals surface area contributed by atoms with Crippen LogP contribution in [0.2, 0.25) is 5.02 Å². The number of carbonyl (C=O) groups is 1. The van der Waals surface area contributed by atoms with Crippen LogP contribution in [0.25, 0.3) is 10.9 Å².